The lowest BCUT2D eigenvalue weighted by atomic mass is 10.1. The van der Waals surface area contributed by atoms with E-state index in [2.05, 4.69) is 5.16 Å². The highest BCUT2D eigenvalue weighted by Gasteiger charge is 2.25. The maximum absolute atomic E-state index is 11.5. The zero-order valence-electron chi connectivity index (χ0n) is 9.32. The summed E-state index contributed by atoms with van der Waals surface area (Å²) in [6, 6.07) is 1.64. The maximum atomic E-state index is 11.5. The molecule has 17 heavy (non-hydrogen) atoms. The molecule has 1 saturated heterocycles. The van der Waals surface area contributed by atoms with Gasteiger partial charge >= 0.3 is 0 Å². The smallest absolute Gasteiger partial charge is 0.229 e. The largest absolute Gasteiger partial charge is 0.360 e. The zero-order valence-corrected chi connectivity index (χ0v) is 10.1. The summed E-state index contributed by atoms with van der Waals surface area (Å²) in [6.45, 7) is 0.440. The normalized spacial score (nSPS) is 16.6. The van der Waals surface area contributed by atoms with Gasteiger partial charge in [-0.2, -0.15) is 0 Å². The van der Waals surface area contributed by atoms with Crippen LogP contribution in [-0.2, 0) is 16.0 Å². The second-order valence-corrected chi connectivity index (χ2v) is 4.40. The Morgan fingerprint density at radius 1 is 1.35 bits per heavy atom. The number of likely N-dealkylation sites (tertiary alicyclic amines) is 1. The molecule has 5 nitrogen and oxygen atoms in total. The van der Waals surface area contributed by atoms with Crippen LogP contribution in [-0.4, -0.2) is 28.4 Å². The predicted molar refractivity (Wildman–Crippen MR) is 60.4 cm³/mol. The Morgan fingerprint density at radius 2 is 2.06 bits per heavy atom. The van der Waals surface area contributed by atoms with Crippen molar-refractivity contribution >= 4 is 23.4 Å². The number of hydrogen-bond donors (Lipinski definition) is 0. The molecule has 0 saturated carbocycles. The molecule has 1 aromatic heterocycles. The zero-order chi connectivity index (χ0) is 12.3. The molecule has 2 amide bonds. The number of piperidine rings is 1. The van der Waals surface area contributed by atoms with Gasteiger partial charge in [-0.15, -0.1) is 0 Å². The first-order chi connectivity index (χ1) is 8.16. The fourth-order valence-electron chi connectivity index (χ4n) is 1.87. The van der Waals surface area contributed by atoms with Crippen LogP contribution >= 0.6 is 11.6 Å². The van der Waals surface area contributed by atoms with Crippen molar-refractivity contribution in [2.45, 2.75) is 32.1 Å². The second-order valence-electron chi connectivity index (χ2n) is 4.01. The molecule has 1 aliphatic rings. The van der Waals surface area contributed by atoms with E-state index >= 15 is 0 Å². The summed E-state index contributed by atoms with van der Waals surface area (Å²) < 4.78 is 4.94. The molecule has 1 aromatic rings. The van der Waals surface area contributed by atoms with Crippen LogP contribution < -0.4 is 0 Å². The predicted octanol–water partition coefficient (Wildman–Crippen LogP) is 1.80. The lowest BCUT2D eigenvalue weighted by Gasteiger charge is -2.24. The van der Waals surface area contributed by atoms with Gasteiger partial charge in [0.05, 0.1) is 0 Å². The van der Waals surface area contributed by atoms with Gasteiger partial charge in [0.1, 0.15) is 5.76 Å². The number of carbonyl (C=O) groups excluding carboxylic acids is 2. The molecule has 0 aliphatic carbocycles. The molecule has 0 atom stereocenters. The van der Waals surface area contributed by atoms with Crippen molar-refractivity contribution in [2.75, 3.05) is 6.54 Å². The minimum Gasteiger partial charge on any atom is -0.360 e. The van der Waals surface area contributed by atoms with Crippen molar-refractivity contribution in [3.63, 3.8) is 0 Å². The number of carbonyl (C=O) groups is 2. The number of amides is 2. The molecule has 2 rings (SSSR count). The van der Waals surface area contributed by atoms with Gasteiger partial charge in [-0.3, -0.25) is 14.5 Å². The van der Waals surface area contributed by atoms with E-state index in [4.69, 9.17) is 16.1 Å². The third kappa shape index (κ3) is 3.06. The van der Waals surface area contributed by atoms with Crippen molar-refractivity contribution in [2.24, 2.45) is 0 Å². The van der Waals surface area contributed by atoms with Crippen LogP contribution in [0.25, 0.3) is 0 Å². The lowest BCUT2D eigenvalue weighted by Crippen LogP contribution is -2.40. The summed E-state index contributed by atoms with van der Waals surface area (Å²) in [5, 5.41) is 3.88. The summed E-state index contributed by atoms with van der Waals surface area (Å²) >= 11 is 5.61. The highest BCUT2D eigenvalue weighted by Crippen LogP contribution is 2.14. The van der Waals surface area contributed by atoms with E-state index in [1.54, 1.807) is 6.07 Å². The summed E-state index contributed by atoms with van der Waals surface area (Å²) in [5.41, 5.74) is 0. The van der Waals surface area contributed by atoms with Crippen LogP contribution in [0.4, 0.5) is 0 Å². The summed E-state index contributed by atoms with van der Waals surface area (Å²) in [5.74, 6) is 0.528. The Kier molecular flexibility index (Phi) is 3.78. The van der Waals surface area contributed by atoms with Crippen molar-refractivity contribution in [1.29, 1.82) is 0 Å². The quantitative estimate of drug-likeness (QED) is 0.771. The minimum atomic E-state index is -0.0724. The van der Waals surface area contributed by atoms with E-state index in [1.165, 1.54) is 4.90 Å². The van der Waals surface area contributed by atoms with Gasteiger partial charge in [-0.1, -0.05) is 16.8 Å². The Hall–Kier alpha value is -1.36. The Balaban J connectivity index is 1.81. The van der Waals surface area contributed by atoms with Crippen LogP contribution in [0.2, 0.25) is 5.15 Å². The van der Waals surface area contributed by atoms with Gasteiger partial charge in [0.2, 0.25) is 11.8 Å². The number of halogens is 1. The molecular weight excluding hydrogens is 244 g/mol. The Labute approximate surface area is 104 Å². The molecule has 1 aliphatic heterocycles. The van der Waals surface area contributed by atoms with Crippen LogP contribution in [0.1, 0.15) is 31.4 Å². The van der Waals surface area contributed by atoms with Gasteiger partial charge in [-0.25, -0.2) is 0 Å². The molecule has 2 heterocycles. The SMILES string of the molecule is O=C1CCCC(=O)N1CCCc1cc(Cl)no1. The van der Waals surface area contributed by atoms with Gasteiger partial charge in [0.15, 0.2) is 5.15 Å². The standard InChI is InChI=1S/C11H13ClN2O3/c12-9-7-8(17-13-9)3-2-6-14-10(15)4-1-5-11(14)16/h7H,1-6H2. The maximum Gasteiger partial charge on any atom is 0.229 e. The molecule has 0 radical (unpaired) electrons. The molecular formula is C11H13ClN2O3. The van der Waals surface area contributed by atoms with Gasteiger partial charge in [0, 0.05) is 31.9 Å². The minimum absolute atomic E-state index is 0.0724. The average molecular weight is 257 g/mol. The third-order valence-corrected chi connectivity index (χ3v) is 2.90. The van der Waals surface area contributed by atoms with Crippen molar-refractivity contribution in [3.05, 3.63) is 17.0 Å². The number of aromatic nitrogens is 1. The van der Waals surface area contributed by atoms with Crippen LogP contribution in [0, 0.1) is 0 Å². The van der Waals surface area contributed by atoms with Gasteiger partial charge in [0.25, 0.3) is 0 Å². The molecule has 0 aromatic carbocycles. The molecule has 0 unspecified atom stereocenters. The third-order valence-electron chi connectivity index (χ3n) is 2.72. The topological polar surface area (TPSA) is 63.4 Å². The monoisotopic (exact) mass is 256 g/mol. The first-order valence-electron chi connectivity index (χ1n) is 5.61. The first-order valence-corrected chi connectivity index (χ1v) is 5.99. The number of imide groups is 1. The highest BCUT2D eigenvalue weighted by molar-refractivity contribution is 6.29. The summed E-state index contributed by atoms with van der Waals surface area (Å²) in [6.07, 6.45) is 2.91. The first kappa shape index (κ1) is 12.1. The Bertz CT molecular complexity index is 414. The lowest BCUT2D eigenvalue weighted by molar-refractivity contribution is -0.147. The summed E-state index contributed by atoms with van der Waals surface area (Å²) in [7, 11) is 0. The number of hydrogen-bond acceptors (Lipinski definition) is 4. The fourth-order valence-corrected chi connectivity index (χ4v) is 2.02. The number of nitrogens with zero attached hydrogens (tertiary/aromatic N) is 2. The van der Waals surface area contributed by atoms with E-state index < -0.39 is 0 Å². The van der Waals surface area contributed by atoms with Crippen molar-refractivity contribution < 1.29 is 14.1 Å². The van der Waals surface area contributed by atoms with Crippen LogP contribution in [0.3, 0.4) is 0 Å². The van der Waals surface area contributed by atoms with E-state index in [-0.39, 0.29) is 11.8 Å². The molecule has 0 bridgehead atoms. The molecule has 0 N–H and O–H groups in total. The van der Waals surface area contributed by atoms with Gasteiger partial charge in [-0.05, 0) is 12.8 Å². The highest BCUT2D eigenvalue weighted by atomic mass is 35.5. The Morgan fingerprint density at radius 3 is 2.65 bits per heavy atom. The van der Waals surface area contributed by atoms with Crippen LogP contribution in [0.5, 0.6) is 0 Å². The van der Waals surface area contributed by atoms with Gasteiger partial charge < -0.3 is 4.52 Å². The number of rotatable bonds is 4. The van der Waals surface area contributed by atoms with E-state index in [0.717, 1.165) is 0 Å². The van der Waals surface area contributed by atoms with Crippen molar-refractivity contribution in [1.82, 2.24) is 10.1 Å². The van der Waals surface area contributed by atoms with Crippen molar-refractivity contribution in [3.8, 4) is 0 Å². The fraction of sp³-hybridized carbons (Fsp3) is 0.545. The van der Waals surface area contributed by atoms with E-state index in [0.29, 0.717) is 49.6 Å². The summed E-state index contributed by atoms with van der Waals surface area (Å²) in [4.78, 5) is 24.3. The van der Waals surface area contributed by atoms with E-state index in [9.17, 15) is 9.59 Å². The van der Waals surface area contributed by atoms with E-state index in [1.807, 2.05) is 0 Å². The molecule has 92 valence electrons. The number of aryl methyl sites for hydroxylation is 1. The molecule has 6 heteroatoms. The molecule has 0 spiro atoms. The molecule has 1 fully saturated rings. The second kappa shape index (κ2) is 5.31. The average Bonchev–Trinajstić information content (AvgIpc) is 2.69. The van der Waals surface area contributed by atoms with Crippen LogP contribution in [0.15, 0.2) is 10.6 Å².